The third-order valence-corrected chi connectivity index (χ3v) is 5.00. The summed E-state index contributed by atoms with van der Waals surface area (Å²) in [5.41, 5.74) is 3.03. The van der Waals surface area contributed by atoms with Crippen molar-refractivity contribution in [3.05, 3.63) is 58.9 Å². The number of aliphatic hydroxyl groups is 1. The van der Waals surface area contributed by atoms with E-state index in [0.717, 1.165) is 16.7 Å². The summed E-state index contributed by atoms with van der Waals surface area (Å²) in [6.07, 6.45) is -0.581. The summed E-state index contributed by atoms with van der Waals surface area (Å²) in [6.45, 7) is 8.08. The molecule has 0 amide bonds. The van der Waals surface area contributed by atoms with Crippen molar-refractivity contribution in [2.24, 2.45) is 0 Å². The molecular formula is C23H33FN2O3. The first kappa shape index (κ1) is 23.1. The van der Waals surface area contributed by atoms with Gasteiger partial charge >= 0.3 is 0 Å². The molecule has 0 aromatic heterocycles. The van der Waals surface area contributed by atoms with Crippen molar-refractivity contribution in [3.63, 3.8) is 0 Å². The van der Waals surface area contributed by atoms with Gasteiger partial charge in [-0.05, 0) is 68.8 Å². The number of nitrogens with one attached hydrogen (secondary N) is 1. The molecular weight excluding hydrogens is 371 g/mol. The molecule has 0 aliphatic heterocycles. The lowest BCUT2D eigenvalue weighted by atomic mass is 10.1. The normalized spacial score (nSPS) is 12.4. The predicted octanol–water partition coefficient (Wildman–Crippen LogP) is 3.51. The third kappa shape index (κ3) is 7.31. The number of hydrogen-bond acceptors (Lipinski definition) is 5. The Bertz CT molecular complexity index is 783. The number of hydrogen-bond donors (Lipinski definition) is 2. The second-order valence-electron chi connectivity index (χ2n) is 7.66. The fourth-order valence-electron chi connectivity index (χ4n) is 2.90. The van der Waals surface area contributed by atoms with E-state index in [9.17, 15) is 9.50 Å². The SMILES string of the molecule is COc1cc(CNCc2cc(F)ccc2C)ccc1OC[C@H](O)CN(C)C(C)C. The van der Waals surface area contributed by atoms with Crippen molar-refractivity contribution in [3.8, 4) is 11.5 Å². The molecule has 0 fully saturated rings. The standard InChI is InChI=1S/C23H33FN2O3/c1-16(2)26(4)14-21(27)15-29-22-9-7-18(10-23(22)28-5)12-25-13-19-11-20(24)8-6-17(19)3/h6-11,16,21,25,27H,12-15H2,1-5H3/t21-/m1/s1. The van der Waals surface area contributed by atoms with Gasteiger partial charge in [0.25, 0.3) is 0 Å². The number of benzene rings is 2. The molecule has 2 aromatic rings. The molecule has 0 aliphatic carbocycles. The van der Waals surface area contributed by atoms with E-state index in [1.54, 1.807) is 19.2 Å². The molecule has 0 unspecified atom stereocenters. The number of rotatable bonds is 11. The van der Waals surface area contributed by atoms with Crippen LogP contribution in [0.15, 0.2) is 36.4 Å². The van der Waals surface area contributed by atoms with Gasteiger partial charge in [0.05, 0.1) is 7.11 Å². The van der Waals surface area contributed by atoms with Crippen LogP contribution in [-0.2, 0) is 13.1 Å². The minimum Gasteiger partial charge on any atom is -0.493 e. The van der Waals surface area contributed by atoms with Crippen LogP contribution in [-0.4, -0.2) is 49.5 Å². The maximum absolute atomic E-state index is 13.4. The van der Waals surface area contributed by atoms with Gasteiger partial charge in [0.15, 0.2) is 11.5 Å². The molecule has 0 bridgehead atoms. The van der Waals surface area contributed by atoms with Crippen molar-refractivity contribution in [2.45, 2.75) is 46.0 Å². The lowest BCUT2D eigenvalue weighted by Gasteiger charge is -2.24. The summed E-state index contributed by atoms with van der Waals surface area (Å²) in [5.74, 6) is 0.997. The second-order valence-corrected chi connectivity index (χ2v) is 7.66. The Morgan fingerprint density at radius 3 is 2.55 bits per heavy atom. The van der Waals surface area contributed by atoms with Gasteiger partial charge in [-0.15, -0.1) is 0 Å². The maximum Gasteiger partial charge on any atom is 0.161 e. The zero-order valence-corrected chi connectivity index (χ0v) is 18.0. The van der Waals surface area contributed by atoms with E-state index in [-0.39, 0.29) is 12.4 Å². The molecule has 5 nitrogen and oxygen atoms in total. The number of aliphatic hydroxyl groups excluding tert-OH is 1. The minimum atomic E-state index is -0.581. The lowest BCUT2D eigenvalue weighted by Crippen LogP contribution is -2.36. The van der Waals surface area contributed by atoms with E-state index < -0.39 is 6.10 Å². The molecule has 2 N–H and O–H groups in total. The number of ether oxygens (including phenoxy) is 2. The highest BCUT2D eigenvalue weighted by Gasteiger charge is 2.13. The Kier molecular flexibility index (Phi) is 8.89. The van der Waals surface area contributed by atoms with Crippen LogP contribution in [0.3, 0.4) is 0 Å². The van der Waals surface area contributed by atoms with Crippen LogP contribution in [0.1, 0.15) is 30.5 Å². The van der Waals surface area contributed by atoms with Crippen LogP contribution in [0.2, 0.25) is 0 Å². The molecule has 1 atom stereocenters. The molecule has 0 saturated heterocycles. The first-order valence-corrected chi connectivity index (χ1v) is 9.94. The van der Waals surface area contributed by atoms with Gasteiger partial charge in [-0.1, -0.05) is 12.1 Å². The number of methoxy groups -OCH3 is 1. The fourth-order valence-corrected chi connectivity index (χ4v) is 2.90. The van der Waals surface area contributed by atoms with Crippen LogP contribution in [0.4, 0.5) is 4.39 Å². The Labute approximate surface area is 173 Å². The van der Waals surface area contributed by atoms with Crippen molar-refractivity contribution < 1.29 is 19.0 Å². The topological polar surface area (TPSA) is 54.0 Å². The molecule has 2 rings (SSSR count). The summed E-state index contributed by atoms with van der Waals surface area (Å²) in [4.78, 5) is 2.07. The zero-order valence-electron chi connectivity index (χ0n) is 18.0. The molecule has 2 aromatic carbocycles. The molecule has 0 spiro atoms. The fraction of sp³-hybridized carbons (Fsp3) is 0.478. The highest BCUT2D eigenvalue weighted by molar-refractivity contribution is 5.43. The van der Waals surface area contributed by atoms with Gasteiger partial charge in [0, 0.05) is 25.7 Å². The Balaban J connectivity index is 1.90. The van der Waals surface area contributed by atoms with E-state index in [4.69, 9.17) is 9.47 Å². The van der Waals surface area contributed by atoms with Crippen LogP contribution >= 0.6 is 0 Å². The summed E-state index contributed by atoms with van der Waals surface area (Å²) >= 11 is 0. The first-order valence-electron chi connectivity index (χ1n) is 9.94. The number of likely N-dealkylation sites (N-methyl/N-ethyl adjacent to an activating group) is 1. The highest BCUT2D eigenvalue weighted by atomic mass is 19.1. The summed E-state index contributed by atoms with van der Waals surface area (Å²) < 4.78 is 24.6. The van der Waals surface area contributed by atoms with Gasteiger partial charge in [0.1, 0.15) is 18.5 Å². The first-order chi connectivity index (χ1) is 13.8. The Morgan fingerprint density at radius 2 is 1.86 bits per heavy atom. The average molecular weight is 405 g/mol. The van der Waals surface area contributed by atoms with Gasteiger partial charge in [0.2, 0.25) is 0 Å². The quantitative estimate of drug-likeness (QED) is 0.600. The van der Waals surface area contributed by atoms with E-state index in [2.05, 4.69) is 24.1 Å². The van der Waals surface area contributed by atoms with Crippen LogP contribution < -0.4 is 14.8 Å². The largest absolute Gasteiger partial charge is 0.493 e. The molecule has 0 radical (unpaired) electrons. The van der Waals surface area contributed by atoms with Gasteiger partial charge in [-0.2, -0.15) is 0 Å². The average Bonchev–Trinajstić information content (AvgIpc) is 2.69. The third-order valence-electron chi connectivity index (χ3n) is 5.00. The van der Waals surface area contributed by atoms with E-state index in [1.807, 2.05) is 32.2 Å². The Morgan fingerprint density at radius 1 is 1.10 bits per heavy atom. The van der Waals surface area contributed by atoms with Gasteiger partial charge < -0.3 is 24.8 Å². The highest BCUT2D eigenvalue weighted by Crippen LogP contribution is 2.28. The summed E-state index contributed by atoms with van der Waals surface area (Å²) in [5, 5.41) is 13.5. The monoisotopic (exact) mass is 404 g/mol. The van der Waals surface area contributed by atoms with Crippen molar-refractivity contribution in [1.82, 2.24) is 10.2 Å². The lowest BCUT2D eigenvalue weighted by molar-refractivity contribution is 0.0668. The predicted molar refractivity (Wildman–Crippen MR) is 114 cm³/mol. The second kappa shape index (κ2) is 11.1. The Hall–Kier alpha value is -2.15. The van der Waals surface area contributed by atoms with E-state index in [0.29, 0.717) is 37.2 Å². The van der Waals surface area contributed by atoms with Gasteiger partial charge in [-0.25, -0.2) is 4.39 Å². The van der Waals surface area contributed by atoms with Crippen molar-refractivity contribution >= 4 is 0 Å². The van der Waals surface area contributed by atoms with E-state index >= 15 is 0 Å². The van der Waals surface area contributed by atoms with Crippen LogP contribution in [0.25, 0.3) is 0 Å². The summed E-state index contributed by atoms with van der Waals surface area (Å²) in [7, 11) is 3.57. The van der Waals surface area contributed by atoms with E-state index in [1.165, 1.54) is 6.07 Å². The van der Waals surface area contributed by atoms with Crippen LogP contribution in [0.5, 0.6) is 11.5 Å². The molecule has 0 aliphatic rings. The summed E-state index contributed by atoms with van der Waals surface area (Å²) in [6, 6.07) is 10.9. The number of aryl methyl sites for hydroxylation is 1. The van der Waals surface area contributed by atoms with Gasteiger partial charge in [-0.3, -0.25) is 0 Å². The molecule has 160 valence electrons. The molecule has 6 heteroatoms. The zero-order chi connectivity index (χ0) is 21.4. The van der Waals surface area contributed by atoms with Crippen LogP contribution in [0, 0.1) is 12.7 Å². The number of nitrogens with zero attached hydrogens (tertiary/aromatic N) is 1. The molecule has 0 saturated carbocycles. The molecule has 0 heterocycles. The minimum absolute atomic E-state index is 0.198. The molecule has 29 heavy (non-hydrogen) atoms. The van der Waals surface area contributed by atoms with Crippen molar-refractivity contribution in [1.29, 1.82) is 0 Å². The smallest absolute Gasteiger partial charge is 0.161 e. The van der Waals surface area contributed by atoms with Crippen molar-refractivity contribution in [2.75, 3.05) is 27.3 Å². The maximum atomic E-state index is 13.4. The number of halogens is 1.